The summed E-state index contributed by atoms with van der Waals surface area (Å²) in [6.45, 7) is 6.52. The SMILES string of the molecule is CC(C)NC(=O)c1cc2c(-c3ccc(OC4CCOCC4)c(C#N)c3)ccnc2[nH]1.N#Cc1cc(-c2ccnc3[nH]c(C(=O)O)cc23)ccc1OC1CCOCC1. The summed E-state index contributed by atoms with van der Waals surface area (Å²) in [5, 5.41) is 32.8. The third-order valence-corrected chi connectivity index (χ3v) is 9.70. The third-order valence-electron chi connectivity index (χ3n) is 9.70. The minimum absolute atomic E-state index is 0.0396. The van der Waals surface area contributed by atoms with Gasteiger partial charge in [-0.2, -0.15) is 10.5 Å². The van der Waals surface area contributed by atoms with Crippen molar-refractivity contribution in [3.8, 4) is 45.9 Å². The van der Waals surface area contributed by atoms with Gasteiger partial charge in [0, 0.05) is 54.9 Å². The highest BCUT2D eigenvalue weighted by molar-refractivity contribution is 6.02. The molecule has 0 radical (unpaired) electrons. The van der Waals surface area contributed by atoms with Crippen LogP contribution in [0.4, 0.5) is 0 Å². The maximum absolute atomic E-state index is 12.4. The van der Waals surface area contributed by atoms with Crippen LogP contribution >= 0.6 is 0 Å². The number of nitriles is 2. The normalized spacial score (nSPS) is 14.7. The molecule has 1 amide bonds. The highest BCUT2D eigenvalue weighted by Crippen LogP contribution is 2.34. The number of carboxylic acids is 1. The molecule has 2 saturated heterocycles. The molecule has 8 rings (SSSR count). The molecule has 14 heteroatoms. The summed E-state index contributed by atoms with van der Waals surface area (Å²) in [5.41, 5.74) is 5.95. The number of carbonyl (C=O) groups is 2. The number of nitrogens with one attached hydrogen (secondary N) is 3. The van der Waals surface area contributed by atoms with E-state index in [2.05, 4.69) is 37.4 Å². The molecule has 4 aromatic heterocycles. The molecule has 6 heterocycles. The molecule has 2 aromatic carbocycles. The maximum atomic E-state index is 12.4. The van der Waals surface area contributed by atoms with Crippen LogP contribution in [0.15, 0.2) is 73.1 Å². The Kier molecular flexibility index (Phi) is 11.7. The van der Waals surface area contributed by atoms with Gasteiger partial charge in [-0.05, 0) is 84.6 Å². The molecule has 57 heavy (non-hydrogen) atoms. The van der Waals surface area contributed by atoms with Gasteiger partial charge in [0.15, 0.2) is 0 Å². The number of carboxylic acid groups (broad SMARTS) is 1. The molecule has 2 fully saturated rings. The van der Waals surface area contributed by atoms with Gasteiger partial charge in [-0.1, -0.05) is 12.1 Å². The Hall–Kier alpha value is -6.74. The van der Waals surface area contributed by atoms with E-state index < -0.39 is 5.97 Å². The smallest absolute Gasteiger partial charge is 0.352 e. The molecular formula is C43H41N7O7. The van der Waals surface area contributed by atoms with E-state index >= 15 is 0 Å². The zero-order valence-electron chi connectivity index (χ0n) is 31.5. The first-order valence-electron chi connectivity index (χ1n) is 18.8. The van der Waals surface area contributed by atoms with Crippen molar-refractivity contribution in [1.82, 2.24) is 25.3 Å². The predicted molar refractivity (Wildman–Crippen MR) is 211 cm³/mol. The Morgan fingerprint density at radius 3 is 1.63 bits per heavy atom. The van der Waals surface area contributed by atoms with Crippen LogP contribution in [-0.4, -0.2) is 81.6 Å². The minimum atomic E-state index is -1.04. The molecule has 290 valence electrons. The molecule has 4 N–H and O–H groups in total. The first-order valence-corrected chi connectivity index (χ1v) is 18.8. The Morgan fingerprint density at radius 1 is 0.737 bits per heavy atom. The molecule has 2 aliphatic heterocycles. The molecule has 0 unspecified atom stereocenters. The fourth-order valence-electron chi connectivity index (χ4n) is 6.86. The summed E-state index contributed by atoms with van der Waals surface area (Å²) >= 11 is 0. The maximum Gasteiger partial charge on any atom is 0.352 e. The van der Waals surface area contributed by atoms with Gasteiger partial charge in [0.1, 0.15) is 58.5 Å². The van der Waals surface area contributed by atoms with Crippen molar-refractivity contribution in [1.29, 1.82) is 10.5 Å². The molecule has 2 aliphatic rings. The highest BCUT2D eigenvalue weighted by Gasteiger charge is 2.21. The number of hydrogen-bond donors (Lipinski definition) is 4. The first-order chi connectivity index (χ1) is 27.7. The Labute approximate surface area is 328 Å². The lowest BCUT2D eigenvalue weighted by molar-refractivity contribution is 0.0252. The van der Waals surface area contributed by atoms with E-state index in [0.717, 1.165) is 53.3 Å². The predicted octanol–water partition coefficient (Wildman–Crippen LogP) is 7.16. The van der Waals surface area contributed by atoms with Gasteiger partial charge in [0.2, 0.25) is 0 Å². The topological polar surface area (TPSA) is 208 Å². The Bertz CT molecular complexity index is 2500. The highest BCUT2D eigenvalue weighted by atomic mass is 16.5. The van der Waals surface area contributed by atoms with Gasteiger partial charge in [-0.3, -0.25) is 4.79 Å². The van der Waals surface area contributed by atoms with Gasteiger partial charge >= 0.3 is 5.97 Å². The average molecular weight is 768 g/mol. The van der Waals surface area contributed by atoms with Crippen LogP contribution in [0.5, 0.6) is 11.5 Å². The van der Waals surface area contributed by atoms with Gasteiger partial charge in [-0.15, -0.1) is 0 Å². The van der Waals surface area contributed by atoms with Gasteiger partial charge in [0.05, 0.1) is 37.6 Å². The monoisotopic (exact) mass is 767 g/mol. The lowest BCUT2D eigenvalue weighted by Gasteiger charge is -2.23. The second kappa shape index (κ2) is 17.4. The van der Waals surface area contributed by atoms with E-state index in [0.29, 0.717) is 71.4 Å². The summed E-state index contributed by atoms with van der Waals surface area (Å²) in [4.78, 5) is 38.0. The van der Waals surface area contributed by atoms with Crippen LogP contribution in [0, 0.1) is 22.7 Å². The van der Waals surface area contributed by atoms with Crippen molar-refractivity contribution in [3.63, 3.8) is 0 Å². The Morgan fingerprint density at radius 2 is 1.19 bits per heavy atom. The van der Waals surface area contributed by atoms with Crippen molar-refractivity contribution in [2.45, 2.75) is 57.8 Å². The summed E-state index contributed by atoms with van der Waals surface area (Å²) in [6, 6.07) is 22.5. The summed E-state index contributed by atoms with van der Waals surface area (Å²) < 4.78 is 22.8. The number of aromatic amines is 2. The second-order valence-electron chi connectivity index (χ2n) is 14.0. The number of aromatic nitrogens is 4. The van der Waals surface area contributed by atoms with Crippen LogP contribution in [0.2, 0.25) is 0 Å². The van der Waals surface area contributed by atoms with Crippen molar-refractivity contribution in [2.75, 3.05) is 26.4 Å². The van der Waals surface area contributed by atoms with E-state index in [4.69, 9.17) is 18.9 Å². The average Bonchev–Trinajstić information content (AvgIpc) is 3.88. The van der Waals surface area contributed by atoms with Crippen LogP contribution in [-0.2, 0) is 9.47 Å². The third kappa shape index (κ3) is 8.89. The number of carbonyl (C=O) groups excluding carboxylic acids is 1. The lowest BCUT2D eigenvalue weighted by atomic mass is 10.0. The van der Waals surface area contributed by atoms with Crippen LogP contribution in [0.1, 0.15) is 71.6 Å². The number of benzene rings is 2. The number of aromatic carboxylic acids is 1. The van der Waals surface area contributed by atoms with Gasteiger partial charge in [0.25, 0.3) is 5.91 Å². The Balaban J connectivity index is 0.000000175. The first kappa shape index (κ1) is 38.5. The molecule has 0 bridgehead atoms. The van der Waals surface area contributed by atoms with Crippen molar-refractivity contribution in [2.24, 2.45) is 0 Å². The van der Waals surface area contributed by atoms with Crippen LogP contribution < -0.4 is 14.8 Å². The quantitative estimate of drug-likeness (QED) is 0.116. The molecule has 14 nitrogen and oxygen atoms in total. The van der Waals surface area contributed by atoms with Crippen molar-refractivity contribution >= 4 is 33.9 Å². The second-order valence-corrected chi connectivity index (χ2v) is 14.0. The van der Waals surface area contributed by atoms with Crippen molar-refractivity contribution < 1.29 is 33.6 Å². The summed E-state index contributed by atoms with van der Waals surface area (Å²) in [5.74, 6) is -0.0768. The standard InChI is InChI=1S/C23H24N4O3.C20H17N3O4/c1-14(2)26-23(28)20-12-19-18(5-8-25-22(19)27-20)15-3-4-21(16(11-15)13-24)30-17-6-9-29-10-7-17;21-11-13-9-12(1-2-18(13)27-14-4-7-26-8-5-14)15-3-6-22-19-16(15)10-17(23-19)20(24)25/h3-5,8,11-12,14,17H,6-7,9-10H2,1-2H3,(H,25,27)(H,26,28);1-3,6,9-10,14H,4-5,7-8H2,(H,22,23)(H,24,25). The van der Waals surface area contributed by atoms with Crippen molar-refractivity contribution in [3.05, 3.63) is 95.6 Å². The largest absolute Gasteiger partial charge is 0.489 e. The molecule has 0 spiro atoms. The molecule has 0 aliphatic carbocycles. The van der Waals surface area contributed by atoms with E-state index in [1.165, 1.54) is 0 Å². The fraction of sp³-hybridized carbons (Fsp3) is 0.302. The number of amides is 1. The zero-order chi connectivity index (χ0) is 39.9. The fourth-order valence-corrected chi connectivity index (χ4v) is 6.86. The number of fused-ring (bicyclic) bond motifs is 2. The van der Waals surface area contributed by atoms with E-state index in [1.807, 2.05) is 44.2 Å². The minimum Gasteiger partial charge on any atom is -0.489 e. The molecule has 0 saturated carbocycles. The number of H-pyrrole nitrogens is 2. The van der Waals surface area contributed by atoms with E-state index in [-0.39, 0.29) is 29.9 Å². The number of ether oxygens (including phenoxy) is 4. The van der Waals surface area contributed by atoms with Gasteiger partial charge in [-0.25, -0.2) is 14.8 Å². The van der Waals surface area contributed by atoms with E-state index in [1.54, 1.807) is 42.7 Å². The van der Waals surface area contributed by atoms with E-state index in [9.17, 15) is 25.2 Å². The molecular weight excluding hydrogens is 727 g/mol. The lowest BCUT2D eigenvalue weighted by Crippen LogP contribution is -2.30. The summed E-state index contributed by atoms with van der Waals surface area (Å²) in [6.07, 6.45) is 6.67. The molecule has 0 atom stereocenters. The van der Waals surface area contributed by atoms with Crippen LogP contribution in [0.3, 0.4) is 0 Å². The number of hydrogen-bond acceptors (Lipinski definition) is 10. The van der Waals surface area contributed by atoms with Gasteiger partial charge < -0.3 is 39.3 Å². The number of nitrogens with zero attached hydrogens (tertiary/aromatic N) is 4. The summed E-state index contributed by atoms with van der Waals surface area (Å²) in [7, 11) is 0. The molecule has 6 aromatic rings. The van der Waals surface area contributed by atoms with Crippen LogP contribution in [0.25, 0.3) is 44.3 Å². The number of rotatable bonds is 9. The number of pyridine rings is 2. The zero-order valence-corrected chi connectivity index (χ0v) is 31.5.